The van der Waals surface area contributed by atoms with E-state index in [1.165, 1.54) is 25.7 Å². The van der Waals surface area contributed by atoms with E-state index >= 15 is 0 Å². The molecule has 4 heteroatoms. The Morgan fingerprint density at radius 3 is 3.00 bits per heavy atom. The van der Waals surface area contributed by atoms with E-state index in [1.54, 1.807) is 12.1 Å². The molecule has 2 unspecified atom stereocenters. The zero-order valence-corrected chi connectivity index (χ0v) is 10.9. The lowest BCUT2D eigenvalue weighted by molar-refractivity contribution is 0.0911. The fraction of sp³-hybridized carbons (Fsp3) is 0.643. The standard InChI is InChI=1S/C14H22N2O2/c1-10-3-2-4-11(7-10)9-16-14(17)13-6-5-12(8-15)18-13/h5-6,10-11H,2-4,7-9,15H2,1H3,(H,16,17). The van der Waals surface area contributed by atoms with Gasteiger partial charge in [0.1, 0.15) is 5.76 Å². The monoisotopic (exact) mass is 250 g/mol. The fourth-order valence-electron chi connectivity index (χ4n) is 2.68. The number of nitrogens with two attached hydrogens (primary N) is 1. The second-order valence-electron chi connectivity index (χ2n) is 5.32. The largest absolute Gasteiger partial charge is 0.455 e. The van der Waals surface area contributed by atoms with Crippen molar-refractivity contribution in [1.29, 1.82) is 0 Å². The summed E-state index contributed by atoms with van der Waals surface area (Å²) in [5.41, 5.74) is 5.44. The average Bonchev–Trinajstić information content (AvgIpc) is 2.85. The molecular formula is C14H22N2O2. The van der Waals surface area contributed by atoms with Crippen LogP contribution in [-0.2, 0) is 6.54 Å². The Balaban J connectivity index is 1.80. The predicted molar refractivity (Wildman–Crippen MR) is 70.1 cm³/mol. The zero-order valence-electron chi connectivity index (χ0n) is 10.9. The van der Waals surface area contributed by atoms with Crippen molar-refractivity contribution < 1.29 is 9.21 Å². The summed E-state index contributed by atoms with van der Waals surface area (Å²) in [6.07, 6.45) is 5.03. The first kappa shape index (κ1) is 13.1. The molecule has 1 aromatic heterocycles. The Labute approximate surface area is 108 Å². The molecule has 3 N–H and O–H groups in total. The summed E-state index contributed by atoms with van der Waals surface area (Å²) in [7, 11) is 0. The van der Waals surface area contributed by atoms with Crippen molar-refractivity contribution in [2.75, 3.05) is 6.54 Å². The topological polar surface area (TPSA) is 68.3 Å². The van der Waals surface area contributed by atoms with Gasteiger partial charge in [-0.1, -0.05) is 19.8 Å². The molecule has 1 fully saturated rings. The van der Waals surface area contributed by atoms with Crippen LogP contribution in [0.1, 0.15) is 48.9 Å². The highest BCUT2D eigenvalue weighted by Gasteiger charge is 2.20. The maximum absolute atomic E-state index is 11.9. The van der Waals surface area contributed by atoms with E-state index in [0.29, 0.717) is 24.0 Å². The summed E-state index contributed by atoms with van der Waals surface area (Å²) in [6.45, 7) is 3.36. The van der Waals surface area contributed by atoms with E-state index in [-0.39, 0.29) is 5.91 Å². The second-order valence-corrected chi connectivity index (χ2v) is 5.32. The van der Waals surface area contributed by atoms with Crippen LogP contribution in [0.25, 0.3) is 0 Å². The first-order valence-corrected chi connectivity index (χ1v) is 6.76. The summed E-state index contributed by atoms with van der Waals surface area (Å²) in [4.78, 5) is 11.9. The number of carbonyl (C=O) groups is 1. The van der Waals surface area contributed by atoms with Gasteiger partial charge in [0.2, 0.25) is 0 Å². The Hall–Kier alpha value is -1.29. The first-order valence-electron chi connectivity index (χ1n) is 6.76. The molecule has 2 atom stereocenters. The molecule has 0 bridgehead atoms. The molecule has 0 saturated heterocycles. The number of carbonyl (C=O) groups excluding carboxylic acids is 1. The molecule has 0 spiro atoms. The maximum atomic E-state index is 11.9. The van der Waals surface area contributed by atoms with E-state index in [0.717, 1.165) is 12.5 Å². The molecule has 1 amide bonds. The van der Waals surface area contributed by atoms with Crippen LogP contribution in [-0.4, -0.2) is 12.5 Å². The lowest BCUT2D eigenvalue weighted by atomic mass is 9.82. The van der Waals surface area contributed by atoms with E-state index < -0.39 is 0 Å². The minimum absolute atomic E-state index is 0.132. The number of hydrogen-bond donors (Lipinski definition) is 2. The van der Waals surface area contributed by atoms with Crippen molar-refractivity contribution in [2.45, 2.75) is 39.2 Å². The number of hydrogen-bond acceptors (Lipinski definition) is 3. The Bertz CT molecular complexity index is 400. The van der Waals surface area contributed by atoms with E-state index in [1.807, 2.05) is 0 Å². The lowest BCUT2D eigenvalue weighted by Gasteiger charge is -2.26. The molecule has 1 saturated carbocycles. The fourth-order valence-corrected chi connectivity index (χ4v) is 2.68. The van der Waals surface area contributed by atoms with Gasteiger partial charge < -0.3 is 15.5 Å². The van der Waals surface area contributed by atoms with Gasteiger partial charge in [0, 0.05) is 6.54 Å². The van der Waals surface area contributed by atoms with Gasteiger partial charge in [0.25, 0.3) is 5.91 Å². The van der Waals surface area contributed by atoms with Gasteiger partial charge in [-0.25, -0.2) is 0 Å². The van der Waals surface area contributed by atoms with Crippen LogP contribution in [0.2, 0.25) is 0 Å². The summed E-state index contributed by atoms with van der Waals surface area (Å²) < 4.78 is 5.32. The molecule has 0 aliphatic heterocycles. The van der Waals surface area contributed by atoms with E-state index in [9.17, 15) is 4.79 Å². The third-order valence-corrected chi connectivity index (χ3v) is 3.68. The molecule has 1 aliphatic carbocycles. The third-order valence-electron chi connectivity index (χ3n) is 3.68. The van der Waals surface area contributed by atoms with Crippen LogP contribution in [0.15, 0.2) is 16.5 Å². The number of rotatable bonds is 4. The van der Waals surface area contributed by atoms with Crippen molar-refractivity contribution in [3.8, 4) is 0 Å². The minimum atomic E-state index is -0.132. The minimum Gasteiger partial charge on any atom is -0.455 e. The predicted octanol–water partition coefficient (Wildman–Crippen LogP) is 2.29. The number of furan rings is 1. The maximum Gasteiger partial charge on any atom is 0.287 e. The molecule has 2 rings (SSSR count). The molecule has 0 radical (unpaired) electrons. The van der Waals surface area contributed by atoms with E-state index in [4.69, 9.17) is 10.2 Å². The van der Waals surface area contributed by atoms with Gasteiger partial charge in [-0.3, -0.25) is 4.79 Å². The van der Waals surface area contributed by atoms with Crippen molar-refractivity contribution >= 4 is 5.91 Å². The summed E-state index contributed by atoms with van der Waals surface area (Å²) in [5, 5.41) is 2.95. The van der Waals surface area contributed by atoms with Crippen LogP contribution in [0.3, 0.4) is 0 Å². The van der Waals surface area contributed by atoms with Crippen molar-refractivity contribution in [3.05, 3.63) is 23.7 Å². The molecule has 4 nitrogen and oxygen atoms in total. The average molecular weight is 250 g/mol. The SMILES string of the molecule is CC1CCCC(CNC(=O)c2ccc(CN)o2)C1. The van der Waals surface area contributed by atoms with Crippen molar-refractivity contribution in [1.82, 2.24) is 5.32 Å². The molecule has 100 valence electrons. The normalized spacial score (nSPS) is 23.9. The van der Waals surface area contributed by atoms with Crippen molar-refractivity contribution in [2.24, 2.45) is 17.6 Å². The molecule has 1 aromatic rings. The third kappa shape index (κ3) is 3.35. The Kier molecular flexibility index (Phi) is 4.42. The van der Waals surface area contributed by atoms with Gasteiger partial charge in [-0.2, -0.15) is 0 Å². The van der Waals surface area contributed by atoms with E-state index in [2.05, 4.69) is 12.2 Å². The van der Waals surface area contributed by atoms with Crippen LogP contribution in [0.4, 0.5) is 0 Å². The van der Waals surface area contributed by atoms with Gasteiger partial charge in [-0.15, -0.1) is 0 Å². The number of nitrogens with one attached hydrogen (secondary N) is 1. The summed E-state index contributed by atoms with van der Waals surface area (Å²) in [5.74, 6) is 2.27. The highest BCUT2D eigenvalue weighted by atomic mass is 16.4. The van der Waals surface area contributed by atoms with Crippen LogP contribution >= 0.6 is 0 Å². The highest BCUT2D eigenvalue weighted by Crippen LogP contribution is 2.27. The van der Waals surface area contributed by atoms with Crippen LogP contribution < -0.4 is 11.1 Å². The molecule has 0 aromatic carbocycles. The number of amides is 1. The Morgan fingerprint density at radius 1 is 1.50 bits per heavy atom. The van der Waals surface area contributed by atoms with Gasteiger partial charge in [-0.05, 0) is 36.8 Å². The smallest absolute Gasteiger partial charge is 0.287 e. The lowest BCUT2D eigenvalue weighted by Crippen LogP contribution is -2.31. The zero-order chi connectivity index (χ0) is 13.0. The van der Waals surface area contributed by atoms with Crippen LogP contribution in [0.5, 0.6) is 0 Å². The molecule has 1 aliphatic rings. The molecular weight excluding hydrogens is 228 g/mol. The van der Waals surface area contributed by atoms with Gasteiger partial charge in [0.15, 0.2) is 5.76 Å². The Morgan fingerprint density at radius 2 is 2.33 bits per heavy atom. The van der Waals surface area contributed by atoms with Crippen LogP contribution in [0, 0.1) is 11.8 Å². The van der Waals surface area contributed by atoms with Crippen molar-refractivity contribution in [3.63, 3.8) is 0 Å². The second kappa shape index (κ2) is 6.05. The highest BCUT2D eigenvalue weighted by molar-refractivity contribution is 5.91. The van der Waals surface area contributed by atoms with Gasteiger partial charge in [0.05, 0.1) is 6.54 Å². The summed E-state index contributed by atoms with van der Waals surface area (Å²) in [6, 6.07) is 3.43. The quantitative estimate of drug-likeness (QED) is 0.861. The first-order chi connectivity index (χ1) is 8.69. The molecule has 1 heterocycles. The molecule has 18 heavy (non-hydrogen) atoms. The van der Waals surface area contributed by atoms with Gasteiger partial charge >= 0.3 is 0 Å². The summed E-state index contributed by atoms with van der Waals surface area (Å²) >= 11 is 0.